The Morgan fingerprint density at radius 1 is 1.31 bits per heavy atom. The number of hydrogen-bond donors (Lipinski definition) is 3. The van der Waals surface area contributed by atoms with Gasteiger partial charge in [-0.3, -0.25) is 14.1 Å². The van der Waals surface area contributed by atoms with Gasteiger partial charge in [-0.2, -0.15) is 0 Å². The summed E-state index contributed by atoms with van der Waals surface area (Å²) in [6.45, 7) is 4.13. The third-order valence-electron chi connectivity index (χ3n) is 5.55. The number of aryl methyl sites for hydroxylation is 1. The van der Waals surface area contributed by atoms with E-state index in [0.29, 0.717) is 42.4 Å². The molecule has 0 amide bonds. The zero-order valence-electron chi connectivity index (χ0n) is 16.4. The van der Waals surface area contributed by atoms with Crippen LogP contribution in [0.3, 0.4) is 0 Å². The van der Waals surface area contributed by atoms with E-state index in [0.717, 1.165) is 18.4 Å². The molecule has 1 aliphatic heterocycles. The molecule has 0 bridgehead atoms. The highest BCUT2D eigenvalue weighted by molar-refractivity contribution is 7.88. The van der Waals surface area contributed by atoms with Crippen molar-refractivity contribution in [2.24, 2.45) is 0 Å². The second-order valence-corrected chi connectivity index (χ2v) is 9.23. The van der Waals surface area contributed by atoms with Crippen molar-refractivity contribution in [2.75, 3.05) is 23.3 Å². The summed E-state index contributed by atoms with van der Waals surface area (Å²) in [6, 6.07) is 4.77. The average molecular weight is 421 g/mol. The minimum atomic E-state index is -1.49. The third-order valence-corrected chi connectivity index (χ3v) is 7.34. The molecule has 2 heterocycles. The Kier molecular flexibility index (Phi) is 5.12. The first kappa shape index (κ1) is 19.9. The first-order chi connectivity index (χ1) is 13.9. The zero-order chi connectivity index (χ0) is 20.8. The second-order valence-electron chi connectivity index (χ2n) is 7.62. The van der Waals surface area contributed by atoms with Gasteiger partial charge >= 0.3 is 0 Å². The average Bonchev–Trinajstić information content (AvgIpc) is 3.30. The molecule has 1 fully saturated rings. The van der Waals surface area contributed by atoms with Crippen LogP contribution in [0, 0.1) is 19.7 Å². The molecule has 2 aliphatic rings. The Balaban J connectivity index is 1.78. The number of halogens is 1. The molecule has 0 radical (unpaired) electrons. The van der Waals surface area contributed by atoms with Crippen molar-refractivity contribution in [3.05, 3.63) is 45.5 Å². The van der Waals surface area contributed by atoms with Crippen LogP contribution in [0.15, 0.2) is 23.0 Å². The highest BCUT2D eigenvalue weighted by Gasteiger charge is 2.49. The summed E-state index contributed by atoms with van der Waals surface area (Å²) in [6.07, 6.45) is 1.92. The zero-order valence-corrected chi connectivity index (χ0v) is 17.2. The van der Waals surface area contributed by atoms with E-state index in [4.69, 9.17) is 4.74 Å². The lowest BCUT2D eigenvalue weighted by molar-refractivity contribution is 0.284. The summed E-state index contributed by atoms with van der Waals surface area (Å²) in [5.41, 5.74) is 1.86. The van der Waals surface area contributed by atoms with Crippen molar-refractivity contribution in [1.82, 2.24) is 4.57 Å². The lowest BCUT2D eigenvalue weighted by Gasteiger charge is -2.21. The summed E-state index contributed by atoms with van der Waals surface area (Å²) in [7, 11) is -1.49. The molecule has 0 spiro atoms. The van der Waals surface area contributed by atoms with E-state index in [1.165, 1.54) is 10.6 Å². The van der Waals surface area contributed by atoms with Gasteiger partial charge in [0, 0.05) is 12.2 Å². The van der Waals surface area contributed by atoms with Crippen molar-refractivity contribution >= 4 is 28.0 Å². The number of ether oxygens (including phenoxy) is 1. The van der Waals surface area contributed by atoms with E-state index in [9.17, 15) is 18.5 Å². The molecule has 9 heteroatoms. The van der Waals surface area contributed by atoms with E-state index in [1.807, 2.05) is 0 Å². The molecule has 156 valence electrons. The van der Waals surface area contributed by atoms with Crippen LogP contribution in [-0.4, -0.2) is 31.8 Å². The number of fused-ring (bicyclic) bond motifs is 1. The Morgan fingerprint density at radius 3 is 2.72 bits per heavy atom. The van der Waals surface area contributed by atoms with Gasteiger partial charge in [0.15, 0.2) is 0 Å². The molecular formula is C20H24FN3O4S. The molecule has 4 rings (SSSR count). The molecule has 1 atom stereocenters. The Labute approximate surface area is 170 Å². The summed E-state index contributed by atoms with van der Waals surface area (Å²) in [5.74, 6) is -0.152. The van der Waals surface area contributed by atoms with Gasteiger partial charge in [-0.05, 0) is 50.8 Å². The van der Waals surface area contributed by atoms with E-state index >= 15 is 0 Å². The first-order valence-corrected chi connectivity index (χ1v) is 10.7. The smallest absolute Gasteiger partial charge is 0.258 e. The number of hydrogen-bond acceptors (Lipinski definition) is 5. The monoisotopic (exact) mass is 421 g/mol. The topological polar surface area (TPSA) is 92.6 Å². The highest BCUT2D eigenvalue weighted by Crippen LogP contribution is 2.47. The van der Waals surface area contributed by atoms with Gasteiger partial charge in [-0.25, -0.2) is 8.60 Å². The van der Waals surface area contributed by atoms with Crippen LogP contribution in [0.4, 0.5) is 21.5 Å². The van der Waals surface area contributed by atoms with Crippen molar-refractivity contribution in [3.63, 3.8) is 0 Å². The maximum Gasteiger partial charge on any atom is 0.258 e. The van der Waals surface area contributed by atoms with Crippen LogP contribution in [0.1, 0.15) is 30.4 Å². The number of nitrogens with zero attached hydrogens (tertiary/aromatic N) is 1. The number of anilines is 3. The number of benzene rings is 1. The summed E-state index contributed by atoms with van der Waals surface area (Å²) < 4.78 is 37.2. The van der Waals surface area contributed by atoms with Gasteiger partial charge in [0.25, 0.3) is 5.56 Å². The lowest BCUT2D eigenvalue weighted by atomic mass is 10.1. The van der Waals surface area contributed by atoms with Gasteiger partial charge in [0.1, 0.15) is 29.1 Å². The van der Waals surface area contributed by atoms with Crippen LogP contribution in [0.2, 0.25) is 0 Å². The number of aromatic nitrogens is 1. The highest BCUT2D eigenvalue weighted by atomic mass is 32.2. The van der Waals surface area contributed by atoms with Crippen molar-refractivity contribution in [1.29, 1.82) is 0 Å². The maximum absolute atomic E-state index is 14.5. The largest absolute Gasteiger partial charge is 0.475 e. The number of aliphatic hydroxyl groups excluding tert-OH is 1. The number of nitrogens with one attached hydrogen (secondary N) is 2. The third kappa shape index (κ3) is 3.53. The molecule has 3 N–H and O–H groups in total. The molecule has 1 unspecified atom stereocenters. The minimum Gasteiger partial charge on any atom is -0.475 e. The minimum absolute atomic E-state index is 0.0466. The van der Waals surface area contributed by atoms with E-state index in [2.05, 4.69) is 10.0 Å². The van der Waals surface area contributed by atoms with E-state index < -0.39 is 21.5 Å². The number of aliphatic hydroxyl groups is 1. The van der Waals surface area contributed by atoms with Gasteiger partial charge in [-0.15, -0.1) is 0 Å². The molecule has 7 nitrogen and oxygen atoms in total. The molecule has 29 heavy (non-hydrogen) atoms. The van der Waals surface area contributed by atoms with Gasteiger partial charge in [-0.1, -0.05) is 6.07 Å². The van der Waals surface area contributed by atoms with Crippen LogP contribution >= 0.6 is 0 Å². The molecule has 1 aliphatic carbocycles. The number of rotatable bonds is 7. The molecule has 1 aromatic carbocycles. The summed E-state index contributed by atoms with van der Waals surface area (Å²) in [4.78, 5) is 12.8. The SMILES string of the molecule is Cc1ccc(Nc2c(NS(=O)C3(CCO)CC3)c3n(c(=O)c2C)CCO3)c(F)c1. The molecule has 1 aromatic heterocycles. The van der Waals surface area contributed by atoms with Crippen LogP contribution in [0.25, 0.3) is 0 Å². The fourth-order valence-corrected chi connectivity index (χ4v) is 4.94. The first-order valence-electron chi connectivity index (χ1n) is 9.59. The van der Waals surface area contributed by atoms with Gasteiger partial charge in [0.05, 0.1) is 22.7 Å². The quantitative estimate of drug-likeness (QED) is 0.639. The molecule has 1 saturated carbocycles. The lowest BCUT2D eigenvalue weighted by Crippen LogP contribution is -2.27. The normalized spacial score (nSPS) is 17.4. The predicted molar refractivity (Wildman–Crippen MR) is 111 cm³/mol. The molecule has 2 aromatic rings. The van der Waals surface area contributed by atoms with Crippen LogP contribution in [-0.2, 0) is 17.5 Å². The maximum atomic E-state index is 14.5. The summed E-state index contributed by atoms with van der Waals surface area (Å²) >= 11 is 0. The number of pyridine rings is 1. The fraction of sp³-hybridized carbons (Fsp3) is 0.450. The van der Waals surface area contributed by atoms with Crippen molar-refractivity contribution in [2.45, 2.75) is 44.4 Å². The van der Waals surface area contributed by atoms with E-state index in [-0.39, 0.29) is 17.9 Å². The van der Waals surface area contributed by atoms with Crippen molar-refractivity contribution < 1.29 is 18.4 Å². The van der Waals surface area contributed by atoms with Crippen LogP contribution < -0.4 is 20.3 Å². The Bertz CT molecular complexity index is 1050. The second kappa shape index (κ2) is 7.46. The molecular weight excluding hydrogens is 397 g/mol. The Hall–Kier alpha value is -2.39. The standard InChI is InChI=1S/C20H24FN3O4S/c1-12-3-4-15(14(21)11-12)22-16-13(2)18(26)24-8-10-28-19(24)17(16)23-29(27)20(5-6-20)7-9-25/h3-4,11,22-23,25H,5-10H2,1-2H3. The van der Waals surface area contributed by atoms with Crippen molar-refractivity contribution in [3.8, 4) is 5.88 Å². The predicted octanol–water partition coefficient (Wildman–Crippen LogP) is 2.73. The van der Waals surface area contributed by atoms with Gasteiger partial charge in [0.2, 0.25) is 5.88 Å². The Morgan fingerprint density at radius 2 is 2.07 bits per heavy atom. The van der Waals surface area contributed by atoms with Crippen LogP contribution in [0.5, 0.6) is 5.88 Å². The summed E-state index contributed by atoms with van der Waals surface area (Å²) in [5, 5.41) is 12.3. The molecule has 0 saturated heterocycles. The van der Waals surface area contributed by atoms with E-state index in [1.54, 1.807) is 26.0 Å². The van der Waals surface area contributed by atoms with Gasteiger partial charge < -0.3 is 15.2 Å². The fourth-order valence-electron chi connectivity index (χ4n) is 3.60.